The molecule has 7 nitrogen and oxygen atoms in total. The molecule has 1 fully saturated rings. The Bertz CT molecular complexity index is 800. The number of aliphatic carboxylic acids is 1. The number of aromatic nitrogens is 1. The van der Waals surface area contributed by atoms with Crippen molar-refractivity contribution in [1.82, 2.24) is 10.1 Å². The van der Waals surface area contributed by atoms with E-state index in [-0.39, 0.29) is 24.4 Å². The quantitative estimate of drug-likeness (QED) is 0.824. The number of anilines is 1. The van der Waals surface area contributed by atoms with E-state index in [1.54, 1.807) is 24.3 Å². The van der Waals surface area contributed by atoms with Crippen LogP contribution >= 0.6 is 0 Å². The molecule has 1 aromatic carbocycles. The number of amides is 1. The number of hydrogen-bond acceptors (Lipinski definition) is 5. The van der Waals surface area contributed by atoms with Crippen LogP contribution < -0.4 is 5.32 Å². The van der Waals surface area contributed by atoms with Crippen molar-refractivity contribution in [2.24, 2.45) is 0 Å². The number of carbonyl (C=O) groups excluding carboxylic acids is 1. The van der Waals surface area contributed by atoms with Crippen LogP contribution in [-0.2, 0) is 4.79 Å². The lowest BCUT2D eigenvalue weighted by atomic mass is 10.1. The minimum absolute atomic E-state index is 0.0828. The van der Waals surface area contributed by atoms with E-state index in [4.69, 9.17) is 9.63 Å². The van der Waals surface area contributed by atoms with Gasteiger partial charge >= 0.3 is 5.97 Å². The smallest absolute Gasteiger partial charge is 0.322 e. The maximum absolute atomic E-state index is 13.0. The molecule has 0 radical (unpaired) electrons. The SMILES string of the molecule is CC(C)c1cc(C2CCCN2C(=O)c2cccc(NCC(=O)O)c2)no1. The lowest BCUT2D eigenvalue weighted by Gasteiger charge is -2.23. The van der Waals surface area contributed by atoms with Crippen LogP contribution in [0.5, 0.6) is 0 Å². The van der Waals surface area contributed by atoms with E-state index in [0.29, 0.717) is 17.8 Å². The van der Waals surface area contributed by atoms with Crippen LogP contribution in [0.25, 0.3) is 0 Å². The van der Waals surface area contributed by atoms with Crippen molar-refractivity contribution in [1.29, 1.82) is 0 Å². The Morgan fingerprint density at radius 2 is 2.19 bits per heavy atom. The first-order chi connectivity index (χ1) is 12.5. The van der Waals surface area contributed by atoms with E-state index in [0.717, 1.165) is 24.3 Å². The van der Waals surface area contributed by atoms with Gasteiger partial charge in [-0.3, -0.25) is 9.59 Å². The molecular weight excluding hydrogens is 334 g/mol. The van der Waals surface area contributed by atoms with Crippen LogP contribution in [0.3, 0.4) is 0 Å². The fraction of sp³-hybridized carbons (Fsp3) is 0.421. The fourth-order valence-electron chi connectivity index (χ4n) is 3.16. The van der Waals surface area contributed by atoms with E-state index in [1.807, 2.05) is 24.8 Å². The molecule has 1 unspecified atom stereocenters. The van der Waals surface area contributed by atoms with Gasteiger partial charge < -0.3 is 19.8 Å². The summed E-state index contributed by atoms with van der Waals surface area (Å²) in [5.74, 6) is 0.0341. The zero-order valence-corrected chi connectivity index (χ0v) is 14.9. The van der Waals surface area contributed by atoms with Crippen LogP contribution in [0, 0.1) is 0 Å². The van der Waals surface area contributed by atoms with Gasteiger partial charge in [-0.1, -0.05) is 25.1 Å². The molecule has 0 saturated carbocycles. The van der Waals surface area contributed by atoms with E-state index < -0.39 is 5.97 Å². The highest BCUT2D eigenvalue weighted by Crippen LogP contribution is 2.34. The molecule has 0 bridgehead atoms. The predicted octanol–water partition coefficient (Wildman–Crippen LogP) is 3.27. The van der Waals surface area contributed by atoms with Crippen molar-refractivity contribution in [2.45, 2.75) is 38.6 Å². The Morgan fingerprint density at radius 3 is 2.88 bits per heavy atom. The molecule has 3 rings (SSSR count). The summed E-state index contributed by atoms with van der Waals surface area (Å²) in [6.07, 6.45) is 1.77. The molecular formula is C19H23N3O4. The van der Waals surface area contributed by atoms with Gasteiger partial charge in [-0.25, -0.2) is 0 Å². The molecule has 26 heavy (non-hydrogen) atoms. The number of hydrogen-bond donors (Lipinski definition) is 2. The Morgan fingerprint density at radius 1 is 1.38 bits per heavy atom. The number of carboxylic acid groups (broad SMARTS) is 1. The van der Waals surface area contributed by atoms with Gasteiger partial charge in [0.2, 0.25) is 0 Å². The Kier molecular flexibility index (Phi) is 5.25. The topological polar surface area (TPSA) is 95.7 Å². The highest BCUT2D eigenvalue weighted by Gasteiger charge is 2.33. The highest BCUT2D eigenvalue weighted by molar-refractivity contribution is 5.95. The molecule has 0 spiro atoms. The van der Waals surface area contributed by atoms with Crippen LogP contribution in [-0.4, -0.2) is 40.1 Å². The van der Waals surface area contributed by atoms with Gasteiger partial charge in [-0.2, -0.15) is 0 Å². The van der Waals surface area contributed by atoms with Gasteiger partial charge in [0.25, 0.3) is 5.91 Å². The second-order valence-electron chi connectivity index (χ2n) is 6.79. The van der Waals surface area contributed by atoms with Crippen molar-refractivity contribution in [3.63, 3.8) is 0 Å². The molecule has 1 amide bonds. The third-order valence-corrected chi connectivity index (χ3v) is 4.52. The molecule has 138 valence electrons. The predicted molar refractivity (Wildman–Crippen MR) is 96.2 cm³/mol. The van der Waals surface area contributed by atoms with Crippen molar-refractivity contribution in [2.75, 3.05) is 18.4 Å². The number of carbonyl (C=O) groups is 2. The number of likely N-dealkylation sites (tertiary alicyclic amines) is 1. The standard InChI is InChI=1S/C19H23N3O4/c1-12(2)17-10-15(21-26-17)16-7-4-8-22(16)19(25)13-5-3-6-14(9-13)20-11-18(23)24/h3,5-6,9-10,12,16,20H,4,7-8,11H2,1-2H3,(H,23,24). The first kappa shape index (κ1) is 18.0. The summed E-state index contributed by atoms with van der Waals surface area (Å²) in [6.45, 7) is 4.55. The zero-order chi connectivity index (χ0) is 18.7. The Balaban J connectivity index is 1.77. The molecule has 1 aromatic heterocycles. The monoisotopic (exact) mass is 357 g/mol. The summed E-state index contributed by atoms with van der Waals surface area (Å²) in [4.78, 5) is 25.5. The van der Waals surface area contributed by atoms with Crippen molar-refractivity contribution in [3.05, 3.63) is 47.3 Å². The molecule has 2 N–H and O–H groups in total. The molecule has 1 aliphatic heterocycles. The summed E-state index contributed by atoms with van der Waals surface area (Å²) in [5.41, 5.74) is 1.93. The molecule has 0 aliphatic carbocycles. The van der Waals surface area contributed by atoms with Crippen LogP contribution in [0.1, 0.15) is 60.5 Å². The fourth-order valence-corrected chi connectivity index (χ4v) is 3.16. The number of nitrogens with one attached hydrogen (secondary N) is 1. The second-order valence-corrected chi connectivity index (χ2v) is 6.79. The largest absolute Gasteiger partial charge is 0.480 e. The van der Waals surface area contributed by atoms with Gasteiger partial charge in [-0.15, -0.1) is 0 Å². The van der Waals surface area contributed by atoms with Crippen LogP contribution in [0.15, 0.2) is 34.9 Å². The summed E-state index contributed by atoms with van der Waals surface area (Å²) in [5, 5.41) is 15.7. The van der Waals surface area contributed by atoms with Gasteiger partial charge in [0.1, 0.15) is 18.0 Å². The highest BCUT2D eigenvalue weighted by atomic mass is 16.5. The van der Waals surface area contributed by atoms with Gasteiger partial charge in [0.15, 0.2) is 0 Å². The molecule has 1 aliphatic rings. The zero-order valence-electron chi connectivity index (χ0n) is 14.9. The average Bonchev–Trinajstić information content (AvgIpc) is 3.28. The third kappa shape index (κ3) is 3.87. The second kappa shape index (κ2) is 7.59. The average molecular weight is 357 g/mol. The summed E-state index contributed by atoms with van der Waals surface area (Å²) in [6, 6.07) is 8.76. The maximum atomic E-state index is 13.0. The molecule has 1 saturated heterocycles. The summed E-state index contributed by atoms with van der Waals surface area (Å²) >= 11 is 0. The van der Waals surface area contributed by atoms with Gasteiger partial charge in [0.05, 0.1) is 6.04 Å². The normalized spacial score (nSPS) is 16.9. The van der Waals surface area contributed by atoms with Crippen LogP contribution in [0.2, 0.25) is 0 Å². The maximum Gasteiger partial charge on any atom is 0.322 e. The van der Waals surface area contributed by atoms with Crippen molar-refractivity contribution >= 4 is 17.6 Å². The van der Waals surface area contributed by atoms with E-state index >= 15 is 0 Å². The van der Waals surface area contributed by atoms with Crippen molar-refractivity contribution in [3.8, 4) is 0 Å². The van der Waals surface area contributed by atoms with E-state index in [1.165, 1.54) is 0 Å². The minimum atomic E-state index is -0.951. The number of nitrogens with zero attached hydrogens (tertiary/aromatic N) is 2. The lowest BCUT2D eigenvalue weighted by Crippen LogP contribution is -2.30. The number of benzene rings is 1. The Hall–Kier alpha value is -2.83. The van der Waals surface area contributed by atoms with E-state index in [9.17, 15) is 9.59 Å². The number of rotatable bonds is 6. The Labute approximate surface area is 152 Å². The van der Waals surface area contributed by atoms with Gasteiger partial charge in [0, 0.05) is 29.8 Å². The first-order valence-corrected chi connectivity index (χ1v) is 8.79. The van der Waals surface area contributed by atoms with E-state index in [2.05, 4.69) is 10.5 Å². The molecule has 2 heterocycles. The first-order valence-electron chi connectivity index (χ1n) is 8.79. The molecule has 7 heteroatoms. The van der Waals surface area contributed by atoms with Crippen LogP contribution in [0.4, 0.5) is 5.69 Å². The number of carboxylic acids is 1. The third-order valence-electron chi connectivity index (χ3n) is 4.52. The lowest BCUT2D eigenvalue weighted by molar-refractivity contribution is -0.134. The van der Waals surface area contributed by atoms with Gasteiger partial charge in [-0.05, 0) is 31.0 Å². The summed E-state index contributed by atoms with van der Waals surface area (Å²) in [7, 11) is 0. The van der Waals surface area contributed by atoms with Crippen molar-refractivity contribution < 1.29 is 19.2 Å². The molecule has 2 aromatic rings. The minimum Gasteiger partial charge on any atom is -0.480 e. The molecule has 1 atom stereocenters. The summed E-state index contributed by atoms with van der Waals surface area (Å²) < 4.78 is 5.39.